The third-order valence-corrected chi connectivity index (χ3v) is 12.1. The average molecular weight is 728 g/mol. The summed E-state index contributed by atoms with van der Waals surface area (Å²) >= 11 is 0. The van der Waals surface area contributed by atoms with Crippen LogP contribution in [0.25, 0.3) is 0 Å². The predicted molar refractivity (Wildman–Crippen MR) is 233 cm³/mol. The Labute approximate surface area is 328 Å². The minimum Gasteiger partial charge on any atom is -0.230 e. The van der Waals surface area contributed by atoms with Crippen molar-refractivity contribution in [3.63, 3.8) is 0 Å². The molecule has 0 spiro atoms. The van der Waals surface area contributed by atoms with Crippen molar-refractivity contribution in [2.45, 2.75) is 284 Å². The predicted octanol–water partition coefficient (Wildman–Crippen LogP) is 17.3. The van der Waals surface area contributed by atoms with Crippen LogP contribution in [0.5, 0.6) is 0 Å². The van der Waals surface area contributed by atoms with Gasteiger partial charge in [0.15, 0.2) is 0 Å². The summed E-state index contributed by atoms with van der Waals surface area (Å²) in [5.74, 6) is 1.57. The molecular formula is C49H95N2O+. The highest BCUT2D eigenvalue weighted by Crippen LogP contribution is 2.27. The Morgan fingerprint density at radius 1 is 0.404 bits per heavy atom. The maximum Gasteiger partial charge on any atom is 0.324 e. The summed E-state index contributed by atoms with van der Waals surface area (Å²) in [6.07, 6.45) is 59.1. The van der Waals surface area contributed by atoms with Crippen molar-refractivity contribution in [1.29, 1.82) is 0 Å². The summed E-state index contributed by atoms with van der Waals surface area (Å²) < 4.78 is 0.453. The summed E-state index contributed by atoms with van der Waals surface area (Å²) in [6.45, 7) is 7.83. The zero-order chi connectivity index (χ0) is 37.5. The van der Waals surface area contributed by atoms with Crippen molar-refractivity contribution in [3.8, 4) is 0 Å². The number of aliphatic imine (C=N–C) groups is 1. The molecule has 3 heteroatoms. The van der Waals surface area contributed by atoms with Crippen LogP contribution >= 0.6 is 0 Å². The second kappa shape index (κ2) is 38.3. The van der Waals surface area contributed by atoms with E-state index in [9.17, 15) is 4.79 Å². The van der Waals surface area contributed by atoms with Gasteiger partial charge in [0.2, 0.25) is 5.84 Å². The summed E-state index contributed by atoms with van der Waals surface area (Å²) in [6, 6.07) is 0. The van der Waals surface area contributed by atoms with Crippen LogP contribution in [0, 0.1) is 0 Å². The highest BCUT2D eigenvalue weighted by atomic mass is 16.2. The number of carbonyl (C=O) groups excluding carboxylic acids is 1. The zero-order valence-corrected chi connectivity index (χ0v) is 36.2. The standard InChI is InChI=1S/C49H95N2O/c1-4-7-10-13-16-19-22-25-27-30-33-36-39-42-46-51(49(52)44-41-38-35-32-29-26-23-20-17-14-11-8-5-2)47-45-50-48(51)43-40-37-34-31-28-24-21-18-15-12-9-6-3/h45,47H,4-44,46H2,1-3H3/q+1. The first-order valence-electron chi connectivity index (χ1n) is 24.4. The molecule has 0 aliphatic carbocycles. The smallest absolute Gasteiger partial charge is 0.230 e. The van der Waals surface area contributed by atoms with Gasteiger partial charge in [0.25, 0.3) is 0 Å². The average Bonchev–Trinajstić information content (AvgIpc) is 3.57. The fraction of sp³-hybridized carbons (Fsp3) is 0.918. The fourth-order valence-electron chi connectivity index (χ4n) is 8.42. The third kappa shape index (κ3) is 27.6. The molecule has 0 bridgehead atoms. The van der Waals surface area contributed by atoms with Crippen molar-refractivity contribution >= 4 is 11.7 Å². The second-order valence-electron chi connectivity index (χ2n) is 17.1. The van der Waals surface area contributed by atoms with Crippen LogP contribution < -0.4 is 0 Å². The number of carbonyl (C=O) groups is 1. The maximum atomic E-state index is 14.0. The Hall–Kier alpha value is -0.960. The first kappa shape index (κ1) is 49.1. The molecule has 52 heavy (non-hydrogen) atoms. The van der Waals surface area contributed by atoms with E-state index in [2.05, 4.69) is 27.0 Å². The van der Waals surface area contributed by atoms with Gasteiger partial charge < -0.3 is 0 Å². The van der Waals surface area contributed by atoms with Gasteiger partial charge in [-0.05, 0) is 25.7 Å². The molecule has 1 rings (SSSR count). The molecule has 0 fully saturated rings. The molecule has 0 aromatic rings. The van der Waals surface area contributed by atoms with Crippen LogP contribution in [0.2, 0.25) is 0 Å². The number of hydrogen-bond donors (Lipinski definition) is 0. The van der Waals surface area contributed by atoms with Gasteiger partial charge in [-0.3, -0.25) is 0 Å². The fourth-order valence-corrected chi connectivity index (χ4v) is 8.42. The van der Waals surface area contributed by atoms with Gasteiger partial charge in [-0.2, -0.15) is 4.48 Å². The Bertz CT molecular complexity index is 818. The van der Waals surface area contributed by atoms with Crippen LogP contribution in [0.15, 0.2) is 17.4 Å². The van der Waals surface area contributed by atoms with E-state index in [4.69, 9.17) is 4.99 Å². The van der Waals surface area contributed by atoms with E-state index < -0.39 is 0 Å². The Kier molecular flexibility index (Phi) is 36.2. The van der Waals surface area contributed by atoms with E-state index >= 15 is 0 Å². The summed E-state index contributed by atoms with van der Waals surface area (Å²) in [5, 5.41) is 0. The molecule has 0 N–H and O–H groups in total. The topological polar surface area (TPSA) is 29.4 Å². The van der Waals surface area contributed by atoms with Gasteiger partial charge >= 0.3 is 5.91 Å². The van der Waals surface area contributed by atoms with Gasteiger partial charge in [-0.1, -0.05) is 245 Å². The van der Waals surface area contributed by atoms with Gasteiger partial charge in [0.05, 0.1) is 19.2 Å². The summed E-state index contributed by atoms with van der Waals surface area (Å²) in [5.41, 5.74) is 0. The summed E-state index contributed by atoms with van der Waals surface area (Å²) in [4.78, 5) is 18.9. The molecule has 306 valence electrons. The Morgan fingerprint density at radius 3 is 1.04 bits per heavy atom. The van der Waals surface area contributed by atoms with Gasteiger partial charge in [0.1, 0.15) is 6.20 Å². The van der Waals surface area contributed by atoms with Crippen molar-refractivity contribution in [2.75, 3.05) is 6.54 Å². The van der Waals surface area contributed by atoms with E-state index in [1.165, 1.54) is 238 Å². The van der Waals surface area contributed by atoms with Crippen molar-refractivity contribution in [1.82, 2.24) is 0 Å². The normalized spacial score (nSPS) is 15.6. The molecule has 0 radical (unpaired) electrons. The molecule has 0 aromatic heterocycles. The van der Waals surface area contributed by atoms with Crippen LogP contribution in [0.4, 0.5) is 0 Å². The van der Waals surface area contributed by atoms with E-state index in [1.54, 1.807) is 0 Å². The molecular weight excluding hydrogens is 633 g/mol. The van der Waals surface area contributed by atoms with Crippen molar-refractivity contribution in [3.05, 3.63) is 12.4 Å². The Morgan fingerprint density at radius 2 is 0.692 bits per heavy atom. The van der Waals surface area contributed by atoms with Gasteiger partial charge in [-0.25, -0.2) is 9.79 Å². The summed E-state index contributed by atoms with van der Waals surface area (Å²) in [7, 11) is 0. The van der Waals surface area contributed by atoms with Gasteiger partial charge in [-0.15, -0.1) is 0 Å². The number of quaternary nitrogens is 1. The Balaban J connectivity index is 2.36. The molecule has 1 unspecified atom stereocenters. The SMILES string of the molecule is CCCCCCCCCCCCCCCC[N+]1(C(=O)CCCCCCCCCCCCCCC)C=CN=C1CCCCCCCCCCCCCC. The molecule has 1 heterocycles. The lowest BCUT2D eigenvalue weighted by molar-refractivity contribution is -0.708. The molecule has 3 nitrogen and oxygen atoms in total. The third-order valence-electron chi connectivity index (χ3n) is 12.1. The highest BCUT2D eigenvalue weighted by molar-refractivity contribution is 5.90. The lowest BCUT2D eigenvalue weighted by Crippen LogP contribution is -2.52. The first-order chi connectivity index (χ1) is 25.7. The largest absolute Gasteiger partial charge is 0.324 e. The van der Waals surface area contributed by atoms with Crippen LogP contribution in [0.3, 0.4) is 0 Å². The van der Waals surface area contributed by atoms with Crippen LogP contribution in [-0.4, -0.2) is 22.8 Å². The minimum absolute atomic E-state index is 0.421. The number of unbranched alkanes of at least 4 members (excludes halogenated alkanes) is 36. The molecule has 0 saturated heterocycles. The van der Waals surface area contributed by atoms with Crippen molar-refractivity contribution in [2.24, 2.45) is 4.99 Å². The molecule has 1 amide bonds. The van der Waals surface area contributed by atoms with E-state index in [0.29, 0.717) is 10.4 Å². The first-order valence-corrected chi connectivity index (χ1v) is 24.4. The number of amides is 1. The zero-order valence-electron chi connectivity index (χ0n) is 36.2. The van der Waals surface area contributed by atoms with Gasteiger partial charge in [0, 0.05) is 6.42 Å². The van der Waals surface area contributed by atoms with Crippen LogP contribution in [-0.2, 0) is 4.79 Å². The van der Waals surface area contributed by atoms with Crippen molar-refractivity contribution < 1.29 is 9.28 Å². The highest BCUT2D eigenvalue weighted by Gasteiger charge is 2.41. The molecule has 1 atom stereocenters. The lowest BCUT2D eigenvalue weighted by atomic mass is 10.0. The molecule has 1 aliphatic rings. The molecule has 0 saturated carbocycles. The van der Waals surface area contributed by atoms with Crippen LogP contribution in [0.1, 0.15) is 284 Å². The van der Waals surface area contributed by atoms with E-state index in [0.717, 1.165) is 38.1 Å². The van der Waals surface area contributed by atoms with E-state index in [-0.39, 0.29) is 0 Å². The lowest BCUT2D eigenvalue weighted by Gasteiger charge is -2.30. The minimum atomic E-state index is 0.421. The molecule has 1 aliphatic heterocycles. The number of nitrogens with zero attached hydrogens (tertiary/aromatic N) is 2. The number of hydrogen-bond acceptors (Lipinski definition) is 2. The quantitative estimate of drug-likeness (QED) is 0.0455. The maximum absolute atomic E-state index is 14.0. The molecule has 0 aromatic carbocycles. The monoisotopic (exact) mass is 728 g/mol. The number of rotatable bonds is 42. The number of amidine groups is 1. The van der Waals surface area contributed by atoms with E-state index in [1.807, 2.05) is 6.20 Å². The second-order valence-corrected chi connectivity index (χ2v) is 17.1.